The number of ether oxygens (including phenoxy) is 2. The van der Waals surface area contributed by atoms with Crippen LogP contribution in [-0.4, -0.2) is 22.3 Å². The lowest BCUT2D eigenvalue weighted by atomic mass is 10.1. The molecule has 1 amide bonds. The Morgan fingerprint density at radius 2 is 2.04 bits per heavy atom. The molecule has 144 valence electrons. The predicted molar refractivity (Wildman–Crippen MR) is 114 cm³/mol. The van der Waals surface area contributed by atoms with E-state index in [1.165, 1.54) is 31.0 Å². The predicted octanol–water partition coefficient (Wildman–Crippen LogP) is 4.43. The van der Waals surface area contributed by atoms with Gasteiger partial charge < -0.3 is 14.8 Å². The number of carbonyl (C=O) groups is 1. The molecule has 0 aliphatic carbocycles. The third-order valence-corrected chi connectivity index (χ3v) is 5.47. The molecule has 0 atom stereocenters. The number of rotatable bonds is 6. The number of thioether (sulfide) groups is 1. The molecule has 2 aromatic carbocycles. The Labute approximate surface area is 178 Å². The van der Waals surface area contributed by atoms with Crippen LogP contribution >= 0.6 is 39.9 Å². The summed E-state index contributed by atoms with van der Waals surface area (Å²) in [7, 11) is 1.52. The summed E-state index contributed by atoms with van der Waals surface area (Å²) >= 11 is 9.65. The van der Waals surface area contributed by atoms with E-state index < -0.39 is 4.92 Å². The fraction of sp³-hybridized carbons (Fsp3) is 0.111. The van der Waals surface area contributed by atoms with Gasteiger partial charge in [-0.25, -0.2) is 0 Å². The summed E-state index contributed by atoms with van der Waals surface area (Å²) in [6.45, 7) is 0.208. The maximum atomic E-state index is 11.8. The molecular formula is C18H13BrN2O5S2. The van der Waals surface area contributed by atoms with Gasteiger partial charge in [0.05, 0.1) is 21.4 Å². The highest BCUT2D eigenvalue weighted by Gasteiger charge is 2.22. The zero-order chi connectivity index (χ0) is 20.3. The molecule has 1 heterocycles. The van der Waals surface area contributed by atoms with E-state index in [9.17, 15) is 14.9 Å². The molecule has 1 saturated heterocycles. The number of nitrogens with one attached hydrogen (secondary N) is 1. The summed E-state index contributed by atoms with van der Waals surface area (Å²) < 4.78 is 12.3. The molecule has 0 bridgehead atoms. The summed E-state index contributed by atoms with van der Waals surface area (Å²) in [5, 5.41) is 13.3. The maximum Gasteiger partial charge on any atom is 0.269 e. The second-order valence-corrected chi connectivity index (χ2v) is 8.17. The van der Waals surface area contributed by atoms with Gasteiger partial charge in [-0.2, -0.15) is 0 Å². The number of methoxy groups -OCH3 is 1. The van der Waals surface area contributed by atoms with Gasteiger partial charge in [0.15, 0.2) is 11.5 Å². The average molecular weight is 481 g/mol. The first-order valence-electron chi connectivity index (χ1n) is 7.86. The fourth-order valence-corrected chi connectivity index (χ4v) is 4.02. The standard InChI is InChI=1S/C18H13BrN2O5S2/c1-25-14-7-11(8-15-17(22)20-18(27)28-15)6-13(19)16(14)26-9-10-2-4-12(5-3-10)21(23)24/h2-8H,9H2,1H3,(H,20,22,27)/b15-8-. The van der Waals surface area contributed by atoms with Gasteiger partial charge >= 0.3 is 0 Å². The Balaban J connectivity index is 1.80. The smallest absolute Gasteiger partial charge is 0.269 e. The fourth-order valence-electron chi connectivity index (χ4n) is 2.40. The molecule has 7 nitrogen and oxygen atoms in total. The molecule has 1 N–H and O–H groups in total. The van der Waals surface area contributed by atoms with Crippen LogP contribution in [0.5, 0.6) is 11.5 Å². The Morgan fingerprint density at radius 1 is 1.32 bits per heavy atom. The highest BCUT2D eigenvalue weighted by molar-refractivity contribution is 9.10. The van der Waals surface area contributed by atoms with E-state index in [2.05, 4.69) is 21.2 Å². The molecule has 1 aliphatic rings. The zero-order valence-corrected chi connectivity index (χ0v) is 17.7. The number of halogens is 1. The van der Waals surface area contributed by atoms with Crippen LogP contribution in [0.3, 0.4) is 0 Å². The number of thiocarbonyl (C=S) groups is 1. The average Bonchev–Trinajstić information content (AvgIpc) is 2.97. The molecule has 0 spiro atoms. The number of hydrogen-bond acceptors (Lipinski definition) is 7. The van der Waals surface area contributed by atoms with Crippen LogP contribution in [0, 0.1) is 10.1 Å². The molecule has 0 aromatic heterocycles. The van der Waals surface area contributed by atoms with Crippen LogP contribution in [-0.2, 0) is 11.4 Å². The summed E-state index contributed by atoms with van der Waals surface area (Å²) in [5.74, 6) is 0.736. The highest BCUT2D eigenvalue weighted by atomic mass is 79.9. The number of amides is 1. The SMILES string of the molecule is COc1cc(/C=C2\SC(=S)NC2=O)cc(Br)c1OCc1ccc([N+](=O)[O-])cc1. The first-order valence-corrected chi connectivity index (χ1v) is 9.87. The second-order valence-electron chi connectivity index (χ2n) is 5.60. The molecule has 0 saturated carbocycles. The van der Waals surface area contributed by atoms with E-state index in [1.807, 2.05) is 0 Å². The van der Waals surface area contributed by atoms with Crippen molar-refractivity contribution in [1.82, 2.24) is 5.32 Å². The molecule has 1 fully saturated rings. The number of carbonyl (C=O) groups excluding carboxylic acids is 1. The van der Waals surface area contributed by atoms with Gasteiger partial charge in [0, 0.05) is 12.1 Å². The van der Waals surface area contributed by atoms with Crippen molar-refractivity contribution in [3.05, 3.63) is 67.0 Å². The number of nitrogens with zero attached hydrogens (tertiary/aromatic N) is 1. The highest BCUT2D eigenvalue weighted by Crippen LogP contribution is 2.38. The maximum absolute atomic E-state index is 11.8. The summed E-state index contributed by atoms with van der Waals surface area (Å²) in [4.78, 5) is 22.6. The summed E-state index contributed by atoms with van der Waals surface area (Å²) in [6.07, 6.45) is 1.71. The largest absolute Gasteiger partial charge is 0.493 e. The van der Waals surface area contributed by atoms with Gasteiger partial charge in [-0.15, -0.1) is 0 Å². The van der Waals surface area contributed by atoms with Crippen LogP contribution in [0.15, 0.2) is 45.8 Å². The lowest BCUT2D eigenvalue weighted by Gasteiger charge is -2.14. The normalized spacial score (nSPS) is 14.9. The van der Waals surface area contributed by atoms with Gasteiger partial charge in [0.25, 0.3) is 11.6 Å². The quantitative estimate of drug-likeness (QED) is 0.283. The van der Waals surface area contributed by atoms with E-state index in [4.69, 9.17) is 21.7 Å². The van der Waals surface area contributed by atoms with E-state index in [1.54, 1.807) is 30.3 Å². The van der Waals surface area contributed by atoms with Gasteiger partial charge in [0.2, 0.25) is 0 Å². The van der Waals surface area contributed by atoms with E-state index in [0.717, 1.165) is 11.1 Å². The molecule has 0 radical (unpaired) electrons. The van der Waals surface area contributed by atoms with Crippen molar-refractivity contribution in [2.24, 2.45) is 0 Å². The molecule has 2 aromatic rings. The number of hydrogen-bond donors (Lipinski definition) is 1. The van der Waals surface area contributed by atoms with Crippen LogP contribution in [0.2, 0.25) is 0 Å². The van der Waals surface area contributed by atoms with E-state index >= 15 is 0 Å². The first kappa shape index (κ1) is 20.3. The van der Waals surface area contributed by atoms with Crippen molar-refractivity contribution in [3.63, 3.8) is 0 Å². The van der Waals surface area contributed by atoms with Gasteiger partial charge in [-0.05, 0) is 57.4 Å². The van der Waals surface area contributed by atoms with Crippen molar-refractivity contribution in [1.29, 1.82) is 0 Å². The van der Waals surface area contributed by atoms with Crippen LogP contribution < -0.4 is 14.8 Å². The number of nitro groups is 1. The molecule has 0 unspecified atom stereocenters. The number of non-ortho nitro benzene ring substituents is 1. The second kappa shape index (κ2) is 8.72. The molecular weight excluding hydrogens is 468 g/mol. The molecule has 3 rings (SSSR count). The molecule has 10 heteroatoms. The topological polar surface area (TPSA) is 90.7 Å². The van der Waals surface area contributed by atoms with Gasteiger partial charge in [0.1, 0.15) is 10.9 Å². The van der Waals surface area contributed by atoms with Crippen molar-refractivity contribution in [3.8, 4) is 11.5 Å². The lowest BCUT2D eigenvalue weighted by Crippen LogP contribution is -2.17. The summed E-state index contributed by atoms with van der Waals surface area (Å²) in [6, 6.07) is 9.67. The molecule has 28 heavy (non-hydrogen) atoms. The van der Waals surface area contributed by atoms with E-state index in [0.29, 0.717) is 25.2 Å². The minimum absolute atomic E-state index is 0.0215. The Hall–Kier alpha value is -2.43. The zero-order valence-electron chi connectivity index (χ0n) is 14.4. The molecule has 1 aliphatic heterocycles. The van der Waals surface area contributed by atoms with Gasteiger partial charge in [-0.1, -0.05) is 24.0 Å². The van der Waals surface area contributed by atoms with Crippen molar-refractivity contribution in [2.45, 2.75) is 6.61 Å². The van der Waals surface area contributed by atoms with E-state index in [-0.39, 0.29) is 18.2 Å². The Morgan fingerprint density at radius 3 is 2.61 bits per heavy atom. The van der Waals surface area contributed by atoms with Crippen LogP contribution in [0.25, 0.3) is 6.08 Å². The Kier molecular flexibility index (Phi) is 6.32. The van der Waals surface area contributed by atoms with Crippen molar-refractivity contribution < 1.29 is 19.2 Å². The first-order chi connectivity index (χ1) is 13.4. The minimum atomic E-state index is -0.451. The number of nitro benzene ring substituents is 1. The van der Waals surface area contributed by atoms with Crippen LogP contribution in [0.1, 0.15) is 11.1 Å². The van der Waals surface area contributed by atoms with Crippen molar-refractivity contribution in [2.75, 3.05) is 7.11 Å². The lowest BCUT2D eigenvalue weighted by molar-refractivity contribution is -0.384. The minimum Gasteiger partial charge on any atom is -0.493 e. The van der Waals surface area contributed by atoms with Crippen molar-refractivity contribution >= 4 is 61.9 Å². The Bertz CT molecular complexity index is 992. The van der Waals surface area contributed by atoms with Crippen LogP contribution in [0.4, 0.5) is 5.69 Å². The summed E-state index contributed by atoms with van der Waals surface area (Å²) in [5.41, 5.74) is 1.54. The third kappa shape index (κ3) is 4.70. The monoisotopic (exact) mass is 480 g/mol. The third-order valence-electron chi connectivity index (χ3n) is 3.72. The number of benzene rings is 2. The van der Waals surface area contributed by atoms with Gasteiger partial charge in [-0.3, -0.25) is 14.9 Å².